The lowest BCUT2D eigenvalue weighted by molar-refractivity contribution is 0.627. The second-order valence-electron chi connectivity index (χ2n) is 5.87. The van der Waals surface area contributed by atoms with Crippen LogP contribution in [0.15, 0.2) is 82.8 Å². The minimum atomic E-state index is -0.723. The van der Waals surface area contributed by atoms with Crippen LogP contribution in [-0.4, -0.2) is 24.1 Å². The van der Waals surface area contributed by atoms with Crippen molar-refractivity contribution < 1.29 is 4.39 Å². The summed E-state index contributed by atoms with van der Waals surface area (Å²) >= 11 is 0. The van der Waals surface area contributed by atoms with Crippen LogP contribution in [0.25, 0.3) is 11.4 Å². The molecule has 4 aromatic rings. The summed E-state index contributed by atoms with van der Waals surface area (Å²) in [7, 11) is 0. The summed E-state index contributed by atoms with van der Waals surface area (Å²) in [5.74, 6) is -0.415. The van der Waals surface area contributed by atoms with Crippen LogP contribution >= 0.6 is 0 Å². The van der Waals surface area contributed by atoms with Gasteiger partial charge in [0, 0.05) is 18.1 Å². The summed E-state index contributed by atoms with van der Waals surface area (Å²) < 4.78 is 17.1. The molecule has 0 saturated carbocycles. The van der Waals surface area contributed by atoms with E-state index in [1.165, 1.54) is 45.8 Å². The molecule has 2 aromatic carbocycles. The fourth-order valence-electron chi connectivity index (χ4n) is 2.69. The van der Waals surface area contributed by atoms with Crippen LogP contribution in [0.4, 0.5) is 4.39 Å². The van der Waals surface area contributed by atoms with Gasteiger partial charge >= 0.3 is 11.1 Å². The monoisotopic (exact) mass is 363 g/mol. The summed E-state index contributed by atoms with van der Waals surface area (Å²) in [4.78, 5) is 24.8. The first-order valence-corrected chi connectivity index (χ1v) is 8.16. The van der Waals surface area contributed by atoms with E-state index in [0.717, 1.165) is 5.69 Å². The molecule has 0 unspecified atom stereocenters. The molecule has 0 N–H and O–H groups in total. The van der Waals surface area contributed by atoms with Crippen LogP contribution in [0.5, 0.6) is 0 Å². The van der Waals surface area contributed by atoms with E-state index >= 15 is 0 Å². The first-order valence-electron chi connectivity index (χ1n) is 8.16. The molecule has 0 radical (unpaired) electrons. The van der Waals surface area contributed by atoms with E-state index < -0.39 is 16.9 Å². The molecule has 134 valence electrons. The Morgan fingerprint density at radius 1 is 0.852 bits per heavy atom. The average Bonchev–Trinajstić information content (AvgIpc) is 3.16. The maximum atomic E-state index is 13.0. The molecule has 8 heteroatoms. The third-order valence-corrected chi connectivity index (χ3v) is 4.06. The van der Waals surface area contributed by atoms with E-state index in [-0.39, 0.29) is 6.54 Å². The van der Waals surface area contributed by atoms with Gasteiger partial charge < -0.3 is 4.57 Å². The number of aromatic nitrogens is 5. The molecule has 0 aliphatic heterocycles. The summed E-state index contributed by atoms with van der Waals surface area (Å²) in [5.41, 5.74) is 0.381. The van der Waals surface area contributed by atoms with Gasteiger partial charge in [0.05, 0.1) is 18.4 Å². The maximum absolute atomic E-state index is 13.0. The molecule has 0 fully saturated rings. The first kappa shape index (κ1) is 16.6. The van der Waals surface area contributed by atoms with Crippen LogP contribution in [0.3, 0.4) is 0 Å². The zero-order valence-electron chi connectivity index (χ0n) is 14.1. The van der Waals surface area contributed by atoms with E-state index in [1.54, 1.807) is 10.9 Å². The normalized spacial score (nSPS) is 10.9. The Morgan fingerprint density at radius 3 is 2.33 bits per heavy atom. The second-order valence-corrected chi connectivity index (χ2v) is 5.87. The molecule has 0 bridgehead atoms. The predicted molar refractivity (Wildman–Crippen MR) is 96.7 cm³/mol. The van der Waals surface area contributed by atoms with Crippen molar-refractivity contribution in [1.82, 2.24) is 24.1 Å². The molecular formula is C19H14FN5O2. The molecular weight excluding hydrogens is 349 g/mol. The van der Waals surface area contributed by atoms with Crippen molar-refractivity contribution in [2.45, 2.75) is 6.54 Å². The van der Waals surface area contributed by atoms with E-state index in [9.17, 15) is 14.0 Å². The van der Waals surface area contributed by atoms with Crippen molar-refractivity contribution >= 4 is 0 Å². The molecule has 0 amide bonds. The average molecular weight is 363 g/mol. The van der Waals surface area contributed by atoms with Gasteiger partial charge in [0.1, 0.15) is 11.5 Å². The van der Waals surface area contributed by atoms with Gasteiger partial charge in [-0.1, -0.05) is 23.4 Å². The quantitative estimate of drug-likeness (QED) is 0.518. The molecule has 0 aliphatic rings. The number of benzene rings is 2. The molecule has 2 heterocycles. The van der Waals surface area contributed by atoms with Crippen molar-refractivity contribution in [2.24, 2.45) is 0 Å². The lowest BCUT2D eigenvalue weighted by Gasteiger charge is -2.07. The van der Waals surface area contributed by atoms with E-state index in [2.05, 4.69) is 10.3 Å². The molecule has 4 rings (SSSR count). The first-order chi connectivity index (χ1) is 13.1. The Bertz CT molecular complexity index is 1190. The fraction of sp³-hybridized carbons (Fsp3) is 0.0526. The summed E-state index contributed by atoms with van der Waals surface area (Å²) in [6, 6.07) is 14.8. The Hall–Kier alpha value is -3.81. The molecule has 2 aromatic heterocycles. The number of para-hydroxylation sites is 1. The Balaban J connectivity index is 1.63. The van der Waals surface area contributed by atoms with Crippen molar-refractivity contribution in [3.63, 3.8) is 0 Å². The molecule has 0 atom stereocenters. The van der Waals surface area contributed by atoms with Crippen LogP contribution < -0.4 is 11.1 Å². The number of hydrogen-bond acceptors (Lipinski definition) is 4. The summed E-state index contributed by atoms with van der Waals surface area (Å²) in [6.07, 6.45) is 4.67. The molecule has 7 nitrogen and oxygen atoms in total. The molecule has 27 heavy (non-hydrogen) atoms. The van der Waals surface area contributed by atoms with Crippen molar-refractivity contribution in [1.29, 1.82) is 0 Å². The maximum Gasteiger partial charge on any atom is 0.320 e. The van der Waals surface area contributed by atoms with Crippen LogP contribution in [0.1, 0.15) is 5.69 Å². The van der Waals surface area contributed by atoms with Gasteiger partial charge in [-0.15, -0.1) is 5.10 Å². The topological polar surface area (TPSA) is 74.7 Å². The van der Waals surface area contributed by atoms with E-state index in [0.29, 0.717) is 11.4 Å². The lowest BCUT2D eigenvalue weighted by atomic mass is 10.3. The SMILES string of the molecule is O=c1c(=O)n(-c2ccc(F)cc2)ccn1Cc1cn(-c2ccccc2)nn1. The fourth-order valence-corrected chi connectivity index (χ4v) is 2.69. The van der Waals surface area contributed by atoms with Gasteiger partial charge in [-0.05, 0) is 36.4 Å². The Kier molecular flexibility index (Phi) is 4.21. The van der Waals surface area contributed by atoms with Crippen molar-refractivity contribution in [3.05, 3.63) is 105 Å². The number of hydrogen-bond donors (Lipinski definition) is 0. The molecule has 0 spiro atoms. The highest BCUT2D eigenvalue weighted by atomic mass is 19.1. The highest BCUT2D eigenvalue weighted by Crippen LogP contribution is 2.07. The number of rotatable bonds is 4. The van der Waals surface area contributed by atoms with E-state index in [1.807, 2.05) is 30.3 Å². The molecule has 0 saturated heterocycles. The highest BCUT2D eigenvalue weighted by Gasteiger charge is 2.09. The third kappa shape index (κ3) is 3.32. The van der Waals surface area contributed by atoms with Gasteiger partial charge in [0.25, 0.3) is 0 Å². The standard InChI is InChI=1S/C19H14FN5O2/c20-14-6-8-16(9-7-14)24-11-10-23(18(26)19(24)27)12-15-13-25(22-21-15)17-4-2-1-3-5-17/h1-11,13H,12H2. The zero-order chi connectivity index (χ0) is 18.8. The number of halogens is 1. The Labute approximate surface area is 152 Å². The molecule has 0 aliphatic carbocycles. The van der Waals surface area contributed by atoms with Gasteiger partial charge in [-0.25, -0.2) is 9.07 Å². The highest BCUT2D eigenvalue weighted by molar-refractivity contribution is 5.32. The second kappa shape index (κ2) is 6.83. The zero-order valence-corrected chi connectivity index (χ0v) is 14.1. The Morgan fingerprint density at radius 2 is 1.59 bits per heavy atom. The van der Waals surface area contributed by atoms with Crippen LogP contribution in [0.2, 0.25) is 0 Å². The number of nitrogens with zero attached hydrogens (tertiary/aromatic N) is 5. The summed E-state index contributed by atoms with van der Waals surface area (Å²) in [6.45, 7) is 0.116. The smallest absolute Gasteiger partial charge is 0.303 e. The van der Waals surface area contributed by atoms with Gasteiger partial charge in [-0.2, -0.15) is 0 Å². The van der Waals surface area contributed by atoms with Crippen molar-refractivity contribution in [2.75, 3.05) is 0 Å². The van der Waals surface area contributed by atoms with Crippen molar-refractivity contribution in [3.8, 4) is 11.4 Å². The lowest BCUT2D eigenvalue weighted by Crippen LogP contribution is -2.40. The summed E-state index contributed by atoms with van der Waals surface area (Å²) in [5, 5.41) is 8.09. The van der Waals surface area contributed by atoms with Gasteiger partial charge in [-0.3, -0.25) is 14.2 Å². The third-order valence-electron chi connectivity index (χ3n) is 4.06. The van der Waals surface area contributed by atoms with Gasteiger partial charge in [0.2, 0.25) is 0 Å². The van der Waals surface area contributed by atoms with E-state index in [4.69, 9.17) is 0 Å². The minimum Gasteiger partial charge on any atom is -0.303 e. The predicted octanol–water partition coefficient (Wildman–Crippen LogP) is 1.77. The largest absolute Gasteiger partial charge is 0.320 e. The van der Waals surface area contributed by atoms with Crippen LogP contribution in [-0.2, 0) is 6.54 Å². The van der Waals surface area contributed by atoms with Crippen LogP contribution in [0, 0.1) is 5.82 Å². The minimum absolute atomic E-state index is 0.116. The van der Waals surface area contributed by atoms with Gasteiger partial charge in [0.15, 0.2) is 0 Å².